The van der Waals surface area contributed by atoms with Crippen LogP contribution in [0.1, 0.15) is 227 Å². The van der Waals surface area contributed by atoms with Crippen molar-refractivity contribution in [2.45, 2.75) is 239 Å². The minimum Gasteiger partial charge on any atom is -0.462 e. The molecule has 0 spiro atoms. The lowest BCUT2D eigenvalue weighted by Gasteiger charge is -2.18. The second-order valence-electron chi connectivity index (χ2n) is 13.3. The van der Waals surface area contributed by atoms with Crippen LogP contribution in [0, 0.1) is 0 Å². The van der Waals surface area contributed by atoms with Crippen molar-refractivity contribution in [3.63, 3.8) is 0 Å². The molecule has 0 heterocycles. The zero-order valence-corrected chi connectivity index (χ0v) is 29.7. The van der Waals surface area contributed by atoms with Crippen LogP contribution in [-0.4, -0.2) is 24.1 Å². The van der Waals surface area contributed by atoms with E-state index in [2.05, 4.69) is 27.7 Å². The van der Waals surface area contributed by atoms with E-state index in [0.29, 0.717) is 12.8 Å². The first kappa shape index (κ1) is 41.9. The van der Waals surface area contributed by atoms with Crippen molar-refractivity contribution in [1.29, 1.82) is 0 Å². The van der Waals surface area contributed by atoms with Gasteiger partial charge in [0.25, 0.3) is 0 Å². The summed E-state index contributed by atoms with van der Waals surface area (Å²) in [5, 5.41) is 0. The Morgan fingerprint density at radius 2 is 0.581 bits per heavy atom. The van der Waals surface area contributed by atoms with Crippen LogP contribution in [0.4, 0.5) is 0 Å². The predicted molar refractivity (Wildman–Crippen MR) is 186 cm³/mol. The zero-order chi connectivity index (χ0) is 31.6. The molecule has 0 saturated carbocycles. The fourth-order valence-electron chi connectivity index (χ4n) is 5.99. The second-order valence-corrected chi connectivity index (χ2v) is 13.3. The highest BCUT2D eigenvalue weighted by Crippen LogP contribution is 2.19. The van der Waals surface area contributed by atoms with Gasteiger partial charge in [0.2, 0.25) is 0 Å². The maximum absolute atomic E-state index is 12.6. The molecule has 0 bridgehead atoms. The summed E-state index contributed by atoms with van der Waals surface area (Å²) in [5.41, 5.74) is 0. The Kier molecular flexibility index (Phi) is 33.0. The Hall–Kier alpha value is -1.06. The lowest BCUT2D eigenvalue weighted by atomic mass is 10.0. The standard InChI is InChI=1S/C39H76O4/c1-5-9-13-18-24-30-36(31-25-19-14-10-6-2)42-38(40)34-28-22-17-23-29-35-39(41)43-37(32-26-20-15-11-7-3)33-27-21-16-12-8-4/h36-37H,5-35H2,1-4H3. The first-order valence-electron chi connectivity index (χ1n) is 19.5. The van der Waals surface area contributed by atoms with E-state index in [1.807, 2.05) is 0 Å². The molecule has 0 N–H and O–H groups in total. The summed E-state index contributed by atoms with van der Waals surface area (Å²) in [6.07, 6.45) is 35.5. The van der Waals surface area contributed by atoms with E-state index >= 15 is 0 Å². The Morgan fingerprint density at radius 3 is 0.860 bits per heavy atom. The van der Waals surface area contributed by atoms with Crippen LogP contribution < -0.4 is 0 Å². The molecule has 0 radical (unpaired) electrons. The molecule has 0 atom stereocenters. The fourth-order valence-corrected chi connectivity index (χ4v) is 5.99. The Balaban J connectivity index is 4.18. The molecule has 0 aliphatic heterocycles. The molecule has 43 heavy (non-hydrogen) atoms. The van der Waals surface area contributed by atoms with Crippen molar-refractivity contribution < 1.29 is 19.1 Å². The van der Waals surface area contributed by atoms with Crippen LogP contribution in [0.3, 0.4) is 0 Å². The van der Waals surface area contributed by atoms with Crippen molar-refractivity contribution in [2.75, 3.05) is 0 Å². The van der Waals surface area contributed by atoms with Gasteiger partial charge in [-0.25, -0.2) is 0 Å². The molecule has 4 nitrogen and oxygen atoms in total. The molecule has 0 aromatic carbocycles. The maximum atomic E-state index is 12.6. The van der Waals surface area contributed by atoms with Crippen LogP contribution in [-0.2, 0) is 19.1 Å². The molecule has 0 aromatic rings. The largest absolute Gasteiger partial charge is 0.462 e. The van der Waals surface area contributed by atoms with Gasteiger partial charge in [-0.15, -0.1) is 0 Å². The van der Waals surface area contributed by atoms with E-state index in [1.165, 1.54) is 128 Å². The summed E-state index contributed by atoms with van der Waals surface area (Å²) in [5.74, 6) is -0.0164. The van der Waals surface area contributed by atoms with Gasteiger partial charge in [-0.2, -0.15) is 0 Å². The number of rotatable bonds is 34. The molecule has 0 fully saturated rings. The Labute approximate surface area is 269 Å². The molecule has 256 valence electrons. The van der Waals surface area contributed by atoms with Crippen molar-refractivity contribution in [1.82, 2.24) is 0 Å². The average molecular weight is 609 g/mol. The van der Waals surface area contributed by atoms with E-state index in [1.54, 1.807) is 0 Å². The Morgan fingerprint density at radius 1 is 0.349 bits per heavy atom. The third-order valence-corrected chi connectivity index (χ3v) is 8.88. The molecule has 0 amide bonds. The third-order valence-electron chi connectivity index (χ3n) is 8.88. The normalized spacial score (nSPS) is 11.5. The van der Waals surface area contributed by atoms with Crippen LogP contribution >= 0.6 is 0 Å². The first-order valence-corrected chi connectivity index (χ1v) is 19.5. The molecule has 0 unspecified atom stereocenters. The first-order chi connectivity index (χ1) is 21.1. The summed E-state index contributed by atoms with van der Waals surface area (Å²) in [6, 6.07) is 0. The van der Waals surface area contributed by atoms with Crippen LogP contribution in [0.25, 0.3) is 0 Å². The van der Waals surface area contributed by atoms with Crippen LogP contribution in [0.5, 0.6) is 0 Å². The second kappa shape index (κ2) is 33.8. The number of carbonyl (C=O) groups excluding carboxylic acids is 2. The quantitative estimate of drug-likeness (QED) is 0.0538. The highest BCUT2D eigenvalue weighted by molar-refractivity contribution is 5.69. The number of hydrogen-bond donors (Lipinski definition) is 0. The summed E-state index contributed by atoms with van der Waals surface area (Å²) in [7, 11) is 0. The highest BCUT2D eigenvalue weighted by atomic mass is 16.5. The van der Waals surface area contributed by atoms with Crippen molar-refractivity contribution in [3.8, 4) is 0 Å². The number of carbonyl (C=O) groups is 2. The number of hydrogen-bond acceptors (Lipinski definition) is 4. The minimum atomic E-state index is -0.00822. The average Bonchev–Trinajstić information content (AvgIpc) is 2.99. The molecular weight excluding hydrogens is 532 g/mol. The van der Waals surface area contributed by atoms with Gasteiger partial charge in [-0.1, -0.05) is 150 Å². The summed E-state index contributed by atoms with van der Waals surface area (Å²) >= 11 is 0. The van der Waals surface area contributed by atoms with E-state index < -0.39 is 0 Å². The van der Waals surface area contributed by atoms with Crippen LogP contribution in [0.2, 0.25) is 0 Å². The zero-order valence-electron chi connectivity index (χ0n) is 29.7. The van der Waals surface area contributed by atoms with Crippen molar-refractivity contribution in [3.05, 3.63) is 0 Å². The van der Waals surface area contributed by atoms with Gasteiger partial charge >= 0.3 is 11.9 Å². The number of unbranched alkanes of at least 4 members (excludes halogenated alkanes) is 20. The van der Waals surface area contributed by atoms with Gasteiger partial charge in [-0.05, 0) is 64.2 Å². The summed E-state index contributed by atoms with van der Waals surface area (Å²) in [4.78, 5) is 25.1. The smallest absolute Gasteiger partial charge is 0.306 e. The van der Waals surface area contributed by atoms with Crippen molar-refractivity contribution >= 4 is 11.9 Å². The van der Waals surface area contributed by atoms with E-state index in [0.717, 1.165) is 57.8 Å². The third kappa shape index (κ3) is 30.7. The molecule has 0 aliphatic carbocycles. The SMILES string of the molecule is CCCCCCCC(CCCCCCC)OC(=O)CCCCCCCC(=O)OC(CCCCCCC)CCCCCCC. The lowest BCUT2D eigenvalue weighted by Crippen LogP contribution is -2.18. The van der Waals surface area contributed by atoms with E-state index in [9.17, 15) is 9.59 Å². The predicted octanol–water partition coefficient (Wildman–Crippen LogP) is 13.0. The Bertz CT molecular complexity index is 512. The summed E-state index contributed by atoms with van der Waals surface area (Å²) in [6.45, 7) is 9.00. The maximum Gasteiger partial charge on any atom is 0.306 e. The number of ether oxygens (including phenoxy) is 2. The minimum absolute atomic E-state index is 0.00822. The van der Waals surface area contributed by atoms with E-state index in [4.69, 9.17) is 9.47 Å². The van der Waals surface area contributed by atoms with Gasteiger partial charge in [0.05, 0.1) is 0 Å². The van der Waals surface area contributed by atoms with Gasteiger partial charge < -0.3 is 9.47 Å². The summed E-state index contributed by atoms with van der Waals surface area (Å²) < 4.78 is 11.9. The lowest BCUT2D eigenvalue weighted by molar-refractivity contribution is -0.150. The fraction of sp³-hybridized carbons (Fsp3) is 0.949. The molecule has 0 aliphatic rings. The van der Waals surface area contributed by atoms with Crippen LogP contribution in [0.15, 0.2) is 0 Å². The monoisotopic (exact) mass is 609 g/mol. The molecule has 4 heteroatoms. The van der Waals surface area contributed by atoms with Gasteiger partial charge in [0.1, 0.15) is 12.2 Å². The van der Waals surface area contributed by atoms with E-state index in [-0.39, 0.29) is 24.1 Å². The molecule has 0 saturated heterocycles. The van der Waals surface area contributed by atoms with Gasteiger partial charge in [0.15, 0.2) is 0 Å². The number of esters is 2. The molecular formula is C39H76O4. The van der Waals surface area contributed by atoms with Gasteiger partial charge in [0, 0.05) is 12.8 Å². The van der Waals surface area contributed by atoms with Gasteiger partial charge in [-0.3, -0.25) is 9.59 Å². The molecule has 0 rings (SSSR count). The molecule has 0 aromatic heterocycles. The topological polar surface area (TPSA) is 52.6 Å². The van der Waals surface area contributed by atoms with Crippen molar-refractivity contribution in [2.24, 2.45) is 0 Å². The highest BCUT2D eigenvalue weighted by Gasteiger charge is 2.15.